The molecule has 0 atom stereocenters. The standard InChI is InChI=1S/C10H19AsO2/c1-4-10(12)13-9-7-8-11(5-2)6-3/h4H,1,5-9H2,2-3H3. The third-order valence-corrected chi connectivity index (χ3v) is 7.67. The van der Waals surface area contributed by atoms with Crippen LogP contribution >= 0.6 is 0 Å². The quantitative estimate of drug-likeness (QED) is 0.299. The van der Waals surface area contributed by atoms with Gasteiger partial charge >= 0.3 is 85.3 Å². The van der Waals surface area contributed by atoms with Crippen molar-refractivity contribution in [2.75, 3.05) is 6.61 Å². The molecule has 0 aromatic carbocycles. The molecule has 0 rings (SSSR count). The monoisotopic (exact) mass is 246 g/mol. The summed E-state index contributed by atoms with van der Waals surface area (Å²) in [5.41, 5.74) is 0. The van der Waals surface area contributed by atoms with Crippen LogP contribution in [0, 0.1) is 0 Å². The van der Waals surface area contributed by atoms with E-state index in [1.807, 2.05) is 0 Å². The number of carbonyl (C=O) groups excluding carboxylic acids is 1. The molecular formula is C10H19AsO2. The maximum absolute atomic E-state index is 10.7. The van der Waals surface area contributed by atoms with Crippen molar-refractivity contribution < 1.29 is 9.53 Å². The average molecular weight is 246 g/mol. The van der Waals surface area contributed by atoms with E-state index in [1.54, 1.807) is 0 Å². The van der Waals surface area contributed by atoms with Gasteiger partial charge in [-0.3, -0.25) is 0 Å². The Morgan fingerprint density at radius 2 is 2.08 bits per heavy atom. The number of rotatable bonds is 7. The summed E-state index contributed by atoms with van der Waals surface area (Å²) >= 11 is -0.544. The van der Waals surface area contributed by atoms with Crippen LogP contribution in [0.25, 0.3) is 0 Å². The molecule has 0 saturated carbocycles. The molecule has 0 radical (unpaired) electrons. The Kier molecular flexibility index (Phi) is 8.22. The fourth-order valence-electron chi connectivity index (χ4n) is 1.06. The average Bonchev–Trinajstić information content (AvgIpc) is 2.18. The van der Waals surface area contributed by atoms with Gasteiger partial charge in [0.05, 0.1) is 0 Å². The molecule has 0 aliphatic carbocycles. The van der Waals surface area contributed by atoms with Gasteiger partial charge in [-0.25, -0.2) is 0 Å². The van der Waals surface area contributed by atoms with Crippen LogP contribution in [0.4, 0.5) is 0 Å². The van der Waals surface area contributed by atoms with Crippen molar-refractivity contribution in [3.63, 3.8) is 0 Å². The molecule has 2 nitrogen and oxygen atoms in total. The minimum absolute atomic E-state index is 0.299. The van der Waals surface area contributed by atoms with E-state index >= 15 is 0 Å². The van der Waals surface area contributed by atoms with Gasteiger partial charge in [0, 0.05) is 0 Å². The van der Waals surface area contributed by atoms with Gasteiger partial charge in [-0.2, -0.15) is 0 Å². The Hall–Kier alpha value is -0.232. The van der Waals surface area contributed by atoms with E-state index in [1.165, 1.54) is 21.7 Å². The molecule has 76 valence electrons. The molecule has 0 aromatic heterocycles. The third kappa shape index (κ3) is 6.89. The minimum atomic E-state index is -0.544. The first-order valence-electron chi connectivity index (χ1n) is 4.76. The van der Waals surface area contributed by atoms with Gasteiger partial charge in [0.2, 0.25) is 0 Å². The first-order valence-corrected chi connectivity index (χ1v) is 8.74. The van der Waals surface area contributed by atoms with E-state index in [9.17, 15) is 4.79 Å². The van der Waals surface area contributed by atoms with Gasteiger partial charge in [0.15, 0.2) is 0 Å². The molecule has 0 N–H and O–H groups in total. The molecule has 13 heavy (non-hydrogen) atoms. The summed E-state index contributed by atoms with van der Waals surface area (Å²) in [7, 11) is 0. The predicted molar refractivity (Wildman–Crippen MR) is 57.3 cm³/mol. The van der Waals surface area contributed by atoms with E-state index in [2.05, 4.69) is 20.4 Å². The first kappa shape index (κ1) is 12.8. The summed E-state index contributed by atoms with van der Waals surface area (Å²) in [6.45, 7) is 8.43. The van der Waals surface area contributed by atoms with Crippen LogP contribution in [0.2, 0.25) is 15.6 Å². The van der Waals surface area contributed by atoms with Crippen LogP contribution in [-0.2, 0) is 9.53 Å². The van der Waals surface area contributed by atoms with Crippen molar-refractivity contribution in [3.8, 4) is 0 Å². The van der Waals surface area contributed by atoms with E-state index in [-0.39, 0.29) is 5.97 Å². The molecule has 3 heteroatoms. The predicted octanol–water partition coefficient (Wildman–Crippen LogP) is 2.64. The second-order valence-electron chi connectivity index (χ2n) is 2.75. The van der Waals surface area contributed by atoms with Gasteiger partial charge in [-0.1, -0.05) is 0 Å². The Balaban J connectivity index is 3.33. The van der Waals surface area contributed by atoms with Gasteiger partial charge in [0.1, 0.15) is 0 Å². The van der Waals surface area contributed by atoms with Crippen LogP contribution in [-0.4, -0.2) is 27.2 Å². The van der Waals surface area contributed by atoms with Crippen LogP contribution in [0.1, 0.15) is 20.3 Å². The van der Waals surface area contributed by atoms with Crippen LogP contribution < -0.4 is 0 Å². The van der Waals surface area contributed by atoms with Crippen molar-refractivity contribution in [3.05, 3.63) is 12.7 Å². The summed E-state index contributed by atoms with van der Waals surface area (Å²) in [5, 5.41) is 4.02. The summed E-state index contributed by atoms with van der Waals surface area (Å²) < 4.78 is 4.90. The zero-order valence-electron chi connectivity index (χ0n) is 8.58. The molecule has 0 bridgehead atoms. The Morgan fingerprint density at radius 1 is 1.46 bits per heavy atom. The zero-order chi connectivity index (χ0) is 10.1. The number of hydrogen-bond acceptors (Lipinski definition) is 2. The van der Waals surface area contributed by atoms with Crippen molar-refractivity contribution >= 4 is 20.6 Å². The zero-order valence-corrected chi connectivity index (χ0v) is 10.5. The topological polar surface area (TPSA) is 26.3 Å². The maximum atomic E-state index is 10.7. The van der Waals surface area contributed by atoms with Gasteiger partial charge in [-0.05, 0) is 0 Å². The van der Waals surface area contributed by atoms with Crippen LogP contribution in [0.5, 0.6) is 0 Å². The molecule has 0 fully saturated rings. The van der Waals surface area contributed by atoms with Gasteiger partial charge < -0.3 is 0 Å². The Bertz CT molecular complexity index is 153. The van der Waals surface area contributed by atoms with E-state index in [0.717, 1.165) is 6.42 Å². The summed E-state index contributed by atoms with van der Waals surface area (Å²) in [6, 6.07) is 0. The summed E-state index contributed by atoms with van der Waals surface area (Å²) in [6.07, 6.45) is 2.25. The third-order valence-electron chi connectivity index (χ3n) is 1.92. The van der Waals surface area contributed by atoms with E-state index < -0.39 is 14.7 Å². The molecule has 0 amide bonds. The van der Waals surface area contributed by atoms with Crippen LogP contribution in [0.3, 0.4) is 0 Å². The SMILES string of the molecule is C=CC(=O)OCCC[As](CC)CC. The molecule has 0 aliphatic rings. The second kappa shape index (κ2) is 8.37. The first-order chi connectivity index (χ1) is 6.24. The van der Waals surface area contributed by atoms with Crippen molar-refractivity contribution in [1.82, 2.24) is 0 Å². The van der Waals surface area contributed by atoms with Crippen molar-refractivity contribution in [1.29, 1.82) is 0 Å². The second-order valence-corrected chi connectivity index (χ2v) is 9.16. The summed E-state index contributed by atoms with van der Waals surface area (Å²) in [5.74, 6) is -0.299. The Morgan fingerprint density at radius 3 is 2.54 bits per heavy atom. The van der Waals surface area contributed by atoms with Crippen molar-refractivity contribution in [2.24, 2.45) is 0 Å². The van der Waals surface area contributed by atoms with E-state index in [4.69, 9.17) is 4.74 Å². The summed E-state index contributed by atoms with van der Waals surface area (Å²) in [4.78, 5) is 10.7. The number of ether oxygens (including phenoxy) is 1. The normalized spacial score (nSPS) is 10.1. The van der Waals surface area contributed by atoms with Gasteiger partial charge in [-0.15, -0.1) is 0 Å². The van der Waals surface area contributed by atoms with Gasteiger partial charge in [0.25, 0.3) is 0 Å². The number of carbonyl (C=O) groups is 1. The fourth-order valence-corrected chi connectivity index (χ4v) is 4.53. The number of hydrogen-bond donors (Lipinski definition) is 0. The number of esters is 1. The molecule has 0 aliphatic heterocycles. The fraction of sp³-hybridized carbons (Fsp3) is 0.700. The molecule has 0 unspecified atom stereocenters. The Labute approximate surface area is 85.6 Å². The molecule has 0 aromatic rings. The van der Waals surface area contributed by atoms with Crippen molar-refractivity contribution in [2.45, 2.75) is 35.9 Å². The van der Waals surface area contributed by atoms with E-state index in [0.29, 0.717) is 6.61 Å². The molecule has 0 saturated heterocycles. The van der Waals surface area contributed by atoms with Crippen LogP contribution in [0.15, 0.2) is 12.7 Å². The molecular weight excluding hydrogens is 227 g/mol. The molecule has 0 heterocycles. The molecule has 0 spiro atoms.